The first kappa shape index (κ1) is 10.4. The summed E-state index contributed by atoms with van der Waals surface area (Å²) in [7, 11) is 1.99. The Balaban J connectivity index is 2.57. The number of hydrogen-bond acceptors (Lipinski definition) is 2. The number of carbonyl (C=O) groups excluding carboxylic acids is 1. The second-order valence-electron chi connectivity index (χ2n) is 3.41. The second kappa shape index (κ2) is 4.14. The highest BCUT2D eigenvalue weighted by Crippen LogP contribution is 2.18. The summed E-state index contributed by atoms with van der Waals surface area (Å²) in [6.07, 6.45) is 1.37. The normalized spacial score (nSPS) is 10.8. The molecule has 1 heterocycles. The van der Waals surface area contributed by atoms with Crippen LogP contribution in [0.4, 0.5) is 0 Å². The minimum Gasteiger partial charge on any atom is -0.330 e. The molecule has 0 aliphatic heterocycles. The molecule has 0 fully saturated rings. The first-order valence-corrected chi connectivity index (χ1v) is 5.82. The maximum absolute atomic E-state index is 10.4. The lowest BCUT2D eigenvalue weighted by molar-refractivity contribution is -0.107. The van der Waals surface area contributed by atoms with Crippen molar-refractivity contribution in [2.24, 2.45) is 7.05 Å². The van der Waals surface area contributed by atoms with Gasteiger partial charge in [0.2, 0.25) is 0 Å². The van der Waals surface area contributed by atoms with Crippen molar-refractivity contribution in [2.45, 2.75) is 11.8 Å². The Labute approximate surface area is 96.2 Å². The van der Waals surface area contributed by atoms with Crippen molar-refractivity contribution in [1.82, 2.24) is 9.55 Å². The lowest BCUT2D eigenvalue weighted by atomic mass is 10.1. The number of halogens is 1. The Morgan fingerprint density at radius 1 is 1.53 bits per heavy atom. The number of aromatic nitrogens is 2. The van der Waals surface area contributed by atoms with Crippen molar-refractivity contribution in [3.05, 3.63) is 29.6 Å². The van der Waals surface area contributed by atoms with Gasteiger partial charge in [0.25, 0.3) is 0 Å². The van der Waals surface area contributed by atoms with Crippen molar-refractivity contribution >= 4 is 33.2 Å². The van der Waals surface area contributed by atoms with E-state index >= 15 is 0 Å². The van der Waals surface area contributed by atoms with Gasteiger partial charge in [-0.2, -0.15) is 0 Å². The summed E-state index contributed by atoms with van der Waals surface area (Å²) in [6.45, 7) is 0. The van der Waals surface area contributed by atoms with Crippen LogP contribution in [0.3, 0.4) is 0 Å². The molecule has 0 saturated heterocycles. The standard InChI is InChI=1S/C11H11BrN2O/c1-14-10-3-2-8(4-5-15)6-9(10)13-11(14)7-12/h2-3,5-6H,4,7H2,1H3. The number of alkyl halides is 1. The lowest BCUT2D eigenvalue weighted by Gasteiger charge is -1.98. The zero-order valence-electron chi connectivity index (χ0n) is 8.40. The topological polar surface area (TPSA) is 34.9 Å². The van der Waals surface area contributed by atoms with E-state index in [-0.39, 0.29) is 0 Å². The van der Waals surface area contributed by atoms with E-state index in [0.717, 1.165) is 34.0 Å². The Hall–Kier alpha value is -1.16. The molecule has 0 spiro atoms. The number of aryl methyl sites for hydroxylation is 1. The molecule has 78 valence electrons. The van der Waals surface area contributed by atoms with Crippen molar-refractivity contribution < 1.29 is 4.79 Å². The first-order chi connectivity index (χ1) is 7.26. The molecule has 0 aliphatic carbocycles. The fraction of sp³-hybridized carbons (Fsp3) is 0.273. The highest BCUT2D eigenvalue weighted by atomic mass is 79.9. The number of fused-ring (bicyclic) bond motifs is 1. The van der Waals surface area contributed by atoms with E-state index in [1.54, 1.807) is 0 Å². The molecule has 0 bridgehead atoms. The number of rotatable bonds is 3. The molecule has 0 amide bonds. The summed E-state index contributed by atoms with van der Waals surface area (Å²) >= 11 is 3.40. The molecule has 0 radical (unpaired) electrons. The van der Waals surface area contributed by atoms with E-state index in [0.29, 0.717) is 6.42 Å². The van der Waals surface area contributed by atoms with Crippen LogP contribution in [0.15, 0.2) is 18.2 Å². The van der Waals surface area contributed by atoms with Crippen LogP contribution in [0.25, 0.3) is 11.0 Å². The monoisotopic (exact) mass is 266 g/mol. The Kier molecular flexibility index (Phi) is 2.86. The SMILES string of the molecule is Cn1c(CBr)nc2cc(CC=O)ccc21. The molecule has 2 aromatic rings. The van der Waals surface area contributed by atoms with Gasteiger partial charge in [0, 0.05) is 13.5 Å². The van der Waals surface area contributed by atoms with Crippen molar-refractivity contribution in [2.75, 3.05) is 0 Å². The number of aldehydes is 1. The summed E-state index contributed by atoms with van der Waals surface area (Å²) < 4.78 is 2.05. The Morgan fingerprint density at radius 3 is 3.00 bits per heavy atom. The molecule has 3 nitrogen and oxygen atoms in total. The first-order valence-electron chi connectivity index (χ1n) is 4.70. The summed E-state index contributed by atoms with van der Waals surface area (Å²) in [4.78, 5) is 14.9. The van der Waals surface area contributed by atoms with Gasteiger partial charge in [-0.1, -0.05) is 22.0 Å². The van der Waals surface area contributed by atoms with E-state index in [4.69, 9.17) is 0 Å². The van der Waals surface area contributed by atoms with Crippen LogP contribution in [-0.4, -0.2) is 15.8 Å². The van der Waals surface area contributed by atoms with Crippen LogP contribution in [0, 0.1) is 0 Å². The number of carbonyl (C=O) groups is 1. The van der Waals surface area contributed by atoms with Gasteiger partial charge in [0.1, 0.15) is 12.1 Å². The van der Waals surface area contributed by atoms with Crippen LogP contribution in [0.1, 0.15) is 11.4 Å². The van der Waals surface area contributed by atoms with Crippen LogP contribution in [0.2, 0.25) is 0 Å². The highest BCUT2D eigenvalue weighted by Gasteiger charge is 2.06. The van der Waals surface area contributed by atoms with Gasteiger partial charge in [-0.05, 0) is 17.7 Å². The van der Waals surface area contributed by atoms with Gasteiger partial charge >= 0.3 is 0 Å². The molecule has 1 aromatic carbocycles. The third-order valence-electron chi connectivity index (χ3n) is 2.48. The second-order valence-corrected chi connectivity index (χ2v) is 3.98. The summed E-state index contributed by atoms with van der Waals surface area (Å²) in [6, 6.07) is 5.94. The van der Waals surface area contributed by atoms with Crippen LogP contribution in [-0.2, 0) is 23.6 Å². The summed E-state index contributed by atoms with van der Waals surface area (Å²) in [5.41, 5.74) is 3.06. The third-order valence-corrected chi connectivity index (χ3v) is 2.98. The fourth-order valence-corrected chi connectivity index (χ4v) is 2.14. The molecule has 0 aliphatic rings. The molecular formula is C11H11BrN2O. The third kappa shape index (κ3) is 1.81. The molecule has 0 saturated carbocycles. The zero-order valence-corrected chi connectivity index (χ0v) is 9.99. The largest absolute Gasteiger partial charge is 0.330 e. The minimum atomic E-state index is 0.455. The van der Waals surface area contributed by atoms with Gasteiger partial charge in [0.05, 0.1) is 16.4 Å². The molecule has 1 aromatic heterocycles. The predicted octanol–water partition coefficient (Wildman–Crippen LogP) is 2.21. The van der Waals surface area contributed by atoms with E-state index < -0.39 is 0 Å². The van der Waals surface area contributed by atoms with Gasteiger partial charge in [0.15, 0.2) is 0 Å². The molecule has 0 atom stereocenters. The maximum Gasteiger partial charge on any atom is 0.124 e. The zero-order chi connectivity index (χ0) is 10.8. The quantitative estimate of drug-likeness (QED) is 0.631. The van der Waals surface area contributed by atoms with Crippen LogP contribution < -0.4 is 0 Å². The van der Waals surface area contributed by atoms with Crippen LogP contribution in [0.5, 0.6) is 0 Å². The lowest BCUT2D eigenvalue weighted by Crippen LogP contribution is -1.93. The maximum atomic E-state index is 10.4. The predicted molar refractivity (Wildman–Crippen MR) is 63.1 cm³/mol. The van der Waals surface area contributed by atoms with E-state index in [1.807, 2.05) is 25.2 Å². The van der Waals surface area contributed by atoms with E-state index in [2.05, 4.69) is 25.5 Å². The van der Waals surface area contributed by atoms with Crippen molar-refractivity contribution in [3.63, 3.8) is 0 Å². The molecule has 0 N–H and O–H groups in total. The molecule has 4 heteroatoms. The Bertz CT molecular complexity index is 505. The Morgan fingerprint density at radius 2 is 2.33 bits per heavy atom. The van der Waals surface area contributed by atoms with Crippen molar-refractivity contribution in [3.8, 4) is 0 Å². The molecular weight excluding hydrogens is 256 g/mol. The molecule has 15 heavy (non-hydrogen) atoms. The fourth-order valence-electron chi connectivity index (χ4n) is 1.64. The van der Waals surface area contributed by atoms with Gasteiger partial charge in [-0.25, -0.2) is 4.98 Å². The summed E-state index contributed by atoms with van der Waals surface area (Å²) in [5, 5.41) is 0.737. The average Bonchev–Trinajstić information content (AvgIpc) is 2.56. The number of imidazole rings is 1. The van der Waals surface area contributed by atoms with Crippen molar-refractivity contribution in [1.29, 1.82) is 0 Å². The summed E-state index contributed by atoms with van der Waals surface area (Å²) in [5.74, 6) is 0.994. The van der Waals surface area contributed by atoms with Gasteiger partial charge in [-0.15, -0.1) is 0 Å². The average molecular weight is 267 g/mol. The van der Waals surface area contributed by atoms with Gasteiger partial charge in [-0.3, -0.25) is 0 Å². The van der Waals surface area contributed by atoms with Crippen LogP contribution >= 0.6 is 15.9 Å². The number of hydrogen-bond donors (Lipinski definition) is 0. The van der Waals surface area contributed by atoms with E-state index in [9.17, 15) is 4.79 Å². The number of nitrogens with zero attached hydrogens (tertiary/aromatic N) is 2. The van der Waals surface area contributed by atoms with E-state index in [1.165, 1.54) is 0 Å². The van der Waals surface area contributed by atoms with Gasteiger partial charge < -0.3 is 9.36 Å². The smallest absolute Gasteiger partial charge is 0.124 e. The highest BCUT2D eigenvalue weighted by molar-refractivity contribution is 9.08. The molecule has 2 rings (SSSR count). The molecule has 0 unspecified atom stereocenters. The minimum absolute atomic E-state index is 0.455. The number of benzene rings is 1.